The van der Waals surface area contributed by atoms with E-state index in [9.17, 15) is 13.7 Å². The molecule has 1 aromatic carbocycles. The first-order chi connectivity index (χ1) is 12.5. The minimum Gasteiger partial charge on any atom is -0.379 e. The number of nitriles is 1. The van der Waals surface area contributed by atoms with Gasteiger partial charge in [-0.1, -0.05) is 6.07 Å². The summed E-state index contributed by atoms with van der Waals surface area (Å²) in [4.78, 5) is 3.07. The molecular formula is C17H17N5O3S. The number of sulfonamides is 1. The number of fused-ring (bicyclic) bond motifs is 1. The van der Waals surface area contributed by atoms with E-state index in [1.807, 2.05) is 6.92 Å². The molecule has 3 aromatic rings. The molecule has 1 atom stereocenters. The maximum Gasteiger partial charge on any atom is 0.265 e. The third-order valence-corrected chi connectivity index (χ3v) is 5.90. The number of ether oxygens (including phenoxy) is 1. The van der Waals surface area contributed by atoms with E-state index < -0.39 is 10.0 Å². The van der Waals surface area contributed by atoms with Crippen LogP contribution in [0.5, 0.6) is 0 Å². The van der Waals surface area contributed by atoms with Gasteiger partial charge < -0.3 is 9.72 Å². The maximum absolute atomic E-state index is 12.8. The van der Waals surface area contributed by atoms with Gasteiger partial charge in [-0.15, -0.1) is 0 Å². The van der Waals surface area contributed by atoms with Crippen LogP contribution >= 0.6 is 0 Å². The van der Waals surface area contributed by atoms with E-state index in [-0.39, 0.29) is 10.9 Å². The highest BCUT2D eigenvalue weighted by Gasteiger charge is 2.23. The largest absolute Gasteiger partial charge is 0.379 e. The summed E-state index contributed by atoms with van der Waals surface area (Å²) in [5.74, 6) is 0. The SMILES string of the molecule is Cc1ccc(NS(=O)(=O)c2cnn(C3CCOC3)c2)c2[nH]cc(C#N)c12. The van der Waals surface area contributed by atoms with Gasteiger partial charge in [0.05, 0.1) is 35.6 Å². The van der Waals surface area contributed by atoms with E-state index >= 15 is 0 Å². The number of aryl methyl sites for hydroxylation is 1. The third-order valence-electron chi connectivity index (χ3n) is 4.58. The fourth-order valence-electron chi connectivity index (χ4n) is 3.19. The average Bonchev–Trinajstić information content (AvgIpc) is 3.36. The zero-order valence-electron chi connectivity index (χ0n) is 14.1. The van der Waals surface area contributed by atoms with Crippen molar-refractivity contribution < 1.29 is 13.2 Å². The fraction of sp³-hybridized carbons (Fsp3) is 0.294. The highest BCUT2D eigenvalue weighted by molar-refractivity contribution is 7.92. The second kappa shape index (κ2) is 6.16. The quantitative estimate of drug-likeness (QED) is 0.731. The number of nitrogens with zero attached hydrogens (tertiary/aromatic N) is 3. The normalized spacial score (nSPS) is 17.5. The van der Waals surface area contributed by atoms with Gasteiger partial charge in [-0.3, -0.25) is 9.40 Å². The van der Waals surface area contributed by atoms with E-state index in [1.165, 1.54) is 12.4 Å². The molecule has 1 aliphatic heterocycles. The summed E-state index contributed by atoms with van der Waals surface area (Å²) >= 11 is 0. The Morgan fingerprint density at radius 3 is 3.04 bits per heavy atom. The van der Waals surface area contributed by atoms with Crippen molar-refractivity contribution in [2.24, 2.45) is 0 Å². The number of rotatable bonds is 4. The highest BCUT2D eigenvalue weighted by Crippen LogP contribution is 2.30. The predicted octanol–water partition coefficient (Wildman–Crippen LogP) is 2.31. The first-order valence-corrected chi connectivity index (χ1v) is 9.63. The highest BCUT2D eigenvalue weighted by atomic mass is 32.2. The summed E-state index contributed by atoms with van der Waals surface area (Å²) in [6.07, 6.45) is 5.24. The van der Waals surface area contributed by atoms with E-state index in [1.54, 1.807) is 23.0 Å². The van der Waals surface area contributed by atoms with E-state index in [2.05, 4.69) is 20.9 Å². The van der Waals surface area contributed by atoms with Gasteiger partial charge in [-0.05, 0) is 25.0 Å². The lowest BCUT2D eigenvalue weighted by Gasteiger charge is -2.09. The standard InChI is InChI=1S/C17H17N5O3S/c1-11-2-3-15(17-16(11)12(6-18)7-19-17)21-26(23,24)14-8-20-22(9-14)13-4-5-25-10-13/h2-3,7-9,13,19,21H,4-5,10H2,1H3. The van der Waals surface area contributed by atoms with Crippen LogP contribution in [0.2, 0.25) is 0 Å². The van der Waals surface area contributed by atoms with E-state index in [0.29, 0.717) is 35.4 Å². The summed E-state index contributed by atoms with van der Waals surface area (Å²) in [5, 5.41) is 14.1. The molecule has 1 saturated heterocycles. The van der Waals surface area contributed by atoms with Crippen molar-refractivity contribution in [1.82, 2.24) is 14.8 Å². The lowest BCUT2D eigenvalue weighted by atomic mass is 10.1. The number of benzene rings is 1. The molecule has 134 valence electrons. The topological polar surface area (TPSA) is 113 Å². The number of aromatic amines is 1. The van der Waals surface area contributed by atoms with Crippen molar-refractivity contribution >= 4 is 26.6 Å². The van der Waals surface area contributed by atoms with Gasteiger partial charge in [0.2, 0.25) is 0 Å². The molecule has 9 heteroatoms. The van der Waals surface area contributed by atoms with Gasteiger partial charge >= 0.3 is 0 Å². The Morgan fingerprint density at radius 2 is 2.31 bits per heavy atom. The molecule has 2 aromatic heterocycles. The van der Waals surface area contributed by atoms with Crippen molar-refractivity contribution in [3.63, 3.8) is 0 Å². The average molecular weight is 371 g/mol. The molecule has 0 bridgehead atoms. The van der Waals surface area contributed by atoms with Gasteiger partial charge in [-0.2, -0.15) is 10.4 Å². The molecule has 3 heterocycles. The van der Waals surface area contributed by atoms with Crippen LogP contribution in [0.4, 0.5) is 5.69 Å². The maximum atomic E-state index is 12.8. The van der Waals surface area contributed by atoms with Crippen LogP contribution < -0.4 is 4.72 Å². The van der Waals surface area contributed by atoms with Crippen LogP contribution in [0.1, 0.15) is 23.6 Å². The molecule has 0 aliphatic carbocycles. The lowest BCUT2D eigenvalue weighted by Crippen LogP contribution is -2.13. The molecule has 4 rings (SSSR count). The Morgan fingerprint density at radius 1 is 1.46 bits per heavy atom. The second-order valence-electron chi connectivity index (χ2n) is 6.27. The molecule has 1 unspecified atom stereocenters. The zero-order valence-corrected chi connectivity index (χ0v) is 14.9. The number of hydrogen-bond acceptors (Lipinski definition) is 5. The van der Waals surface area contributed by atoms with Crippen LogP contribution in [0.15, 0.2) is 35.6 Å². The number of hydrogen-bond donors (Lipinski definition) is 2. The summed E-state index contributed by atoms with van der Waals surface area (Å²) in [6, 6.07) is 5.64. The van der Waals surface area contributed by atoms with Crippen molar-refractivity contribution in [3.8, 4) is 6.07 Å². The van der Waals surface area contributed by atoms with Crippen molar-refractivity contribution in [2.45, 2.75) is 24.3 Å². The first-order valence-electron chi connectivity index (χ1n) is 8.15. The molecule has 0 saturated carbocycles. The Bertz CT molecular complexity index is 1120. The Labute approximate surface area is 150 Å². The molecule has 2 N–H and O–H groups in total. The van der Waals surface area contributed by atoms with Gasteiger partial charge in [0.15, 0.2) is 0 Å². The minimum absolute atomic E-state index is 0.0617. The number of nitrogens with one attached hydrogen (secondary N) is 2. The summed E-state index contributed by atoms with van der Waals surface area (Å²) in [7, 11) is -3.80. The molecule has 0 radical (unpaired) electrons. The minimum atomic E-state index is -3.80. The van der Waals surface area contributed by atoms with Crippen molar-refractivity contribution in [2.75, 3.05) is 17.9 Å². The van der Waals surface area contributed by atoms with E-state index in [0.717, 1.165) is 12.0 Å². The molecule has 8 nitrogen and oxygen atoms in total. The Kier molecular flexibility index (Phi) is 3.94. The Hall–Kier alpha value is -2.83. The Balaban J connectivity index is 1.68. The number of aromatic nitrogens is 3. The first kappa shape index (κ1) is 16.6. The van der Waals surface area contributed by atoms with E-state index in [4.69, 9.17) is 4.74 Å². The smallest absolute Gasteiger partial charge is 0.265 e. The fourth-order valence-corrected chi connectivity index (χ4v) is 4.20. The summed E-state index contributed by atoms with van der Waals surface area (Å²) in [5.41, 5.74) is 2.35. The van der Waals surface area contributed by atoms with Crippen LogP contribution in [0, 0.1) is 18.3 Å². The monoisotopic (exact) mass is 371 g/mol. The second-order valence-corrected chi connectivity index (χ2v) is 7.96. The van der Waals surface area contributed by atoms with Gasteiger partial charge in [0.1, 0.15) is 11.0 Å². The van der Waals surface area contributed by atoms with Crippen LogP contribution in [0.25, 0.3) is 10.9 Å². The number of H-pyrrole nitrogens is 1. The summed E-state index contributed by atoms with van der Waals surface area (Å²) in [6.45, 7) is 3.07. The summed E-state index contributed by atoms with van der Waals surface area (Å²) < 4.78 is 35.1. The van der Waals surface area contributed by atoms with Crippen LogP contribution in [-0.4, -0.2) is 36.4 Å². The molecule has 26 heavy (non-hydrogen) atoms. The van der Waals surface area contributed by atoms with Gasteiger partial charge in [0.25, 0.3) is 10.0 Å². The van der Waals surface area contributed by atoms with Crippen LogP contribution in [-0.2, 0) is 14.8 Å². The molecule has 0 amide bonds. The molecule has 1 fully saturated rings. The zero-order chi connectivity index (χ0) is 18.3. The van der Waals surface area contributed by atoms with Crippen molar-refractivity contribution in [1.29, 1.82) is 5.26 Å². The third kappa shape index (κ3) is 2.73. The van der Waals surface area contributed by atoms with Gasteiger partial charge in [-0.25, -0.2) is 8.42 Å². The number of anilines is 1. The molecular weight excluding hydrogens is 354 g/mol. The van der Waals surface area contributed by atoms with Crippen molar-refractivity contribution in [3.05, 3.63) is 41.9 Å². The molecule has 0 spiro atoms. The lowest BCUT2D eigenvalue weighted by molar-refractivity contribution is 0.184. The van der Waals surface area contributed by atoms with Gasteiger partial charge in [0, 0.05) is 24.4 Å². The predicted molar refractivity (Wildman–Crippen MR) is 95.3 cm³/mol. The van der Waals surface area contributed by atoms with Crippen LogP contribution in [0.3, 0.4) is 0 Å². The molecule has 1 aliphatic rings.